The summed E-state index contributed by atoms with van der Waals surface area (Å²) in [6, 6.07) is 6.19. The number of carbonyl (C=O) groups excluding carboxylic acids is 3. The molecule has 1 N–H and O–H groups in total. The molecular formula is C18H17FN2O5. The van der Waals surface area contributed by atoms with Crippen LogP contribution in [0.3, 0.4) is 0 Å². The van der Waals surface area contributed by atoms with Gasteiger partial charge in [0.05, 0.1) is 19.9 Å². The zero-order valence-corrected chi connectivity index (χ0v) is 14.2. The lowest BCUT2D eigenvalue weighted by Gasteiger charge is -2.25. The molecule has 7 nitrogen and oxygen atoms in total. The van der Waals surface area contributed by atoms with E-state index in [1.165, 1.54) is 43.7 Å². The van der Waals surface area contributed by atoms with Gasteiger partial charge in [0.25, 0.3) is 5.91 Å². The predicted molar refractivity (Wildman–Crippen MR) is 87.5 cm³/mol. The molecule has 0 aliphatic carbocycles. The molecule has 1 unspecified atom stereocenters. The van der Waals surface area contributed by atoms with Crippen molar-refractivity contribution in [2.75, 3.05) is 7.11 Å². The minimum atomic E-state index is -1.29. The predicted octanol–water partition coefficient (Wildman–Crippen LogP) is 2.56. The number of halogens is 1. The van der Waals surface area contributed by atoms with E-state index in [4.69, 9.17) is 4.42 Å². The van der Waals surface area contributed by atoms with Gasteiger partial charge in [0.2, 0.25) is 0 Å². The zero-order chi connectivity index (χ0) is 18.9. The van der Waals surface area contributed by atoms with Crippen LogP contribution >= 0.6 is 0 Å². The van der Waals surface area contributed by atoms with Crippen molar-refractivity contribution in [2.24, 2.45) is 0 Å². The first kappa shape index (κ1) is 17.7. The van der Waals surface area contributed by atoms with Gasteiger partial charge in [-0.1, -0.05) is 19.1 Å². The number of nitrogens with zero attached hydrogens (tertiary/aromatic N) is 1. The minimum absolute atomic E-state index is 0.142. The molecule has 1 atom stereocenters. The molecule has 1 aromatic heterocycles. The second-order valence-corrected chi connectivity index (χ2v) is 5.84. The highest BCUT2D eigenvalue weighted by molar-refractivity contribution is 6.07. The molecule has 8 heteroatoms. The molecular weight excluding hydrogens is 343 g/mol. The molecule has 3 amide bonds. The Labute approximate surface area is 148 Å². The van der Waals surface area contributed by atoms with Crippen molar-refractivity contribution >= 4 is 17.9 Å². The van der Waals surface area contributed by atoms with E-state index in [2.05, 4.69) is 10.1 Å². The fraction of sp³-hybridized carbons (Fsp3) is 0.278. The van der Waals surface area contributed by atoms with Gasteiger partial charge in [-0.15, -0.1) is 0 Å². The Balaban J connectivity index is 1.92. The SMILES string of the molecule is CCC1(c2ccc(F)cc2)NC(=O)N(Cc2occc2C(=O)OC)C1=O. The van der Waals surface area contributed by atoms with Gasteiger partial charge in [-0.05, 0) is 30.2 Å². The van der Waals surface area contributed by atoms with Crippen LogP contribution in [0.1, 0.15) is 35.0 Å². The van der Waals surface area contributed by atoms with Gasteiger partial charge in [0.1, 0.15) is 22.7 Å². The van der Waals surface area contributed by atoms with Crippen LogP contribution in [-0.2, 0) is 21.6 Å². The molecule has 0 spiro atoms. The highest BCUT2D eigenvalue weighted by Gasteiger charge is 2.51. The van der Waals surface area contributed by atoms with E-state index < -0.39 is 29.3 Å². The Morgan fingerprint density at radius 2 is 1.96 bits per heavy atom. The van der Waals surface area contributed by atoms with Gasteiger partial charge in [0, 0.05) is 0 Å². The van der Waals surface area contributed by atoms with E-state index in [9.17, 15) is 18.8 Å². The van der Waals surface area contributed by atoms with Gasteiger partial charge in [-0.25, -0.2) is 14.0 Å². The second kappa shape index (κ2) is 6.62. The Bertz CT molecular complexity index is 861. The van der Waals surface area contributed by atoms with Crippen molar-refractivity contribution in [1.29, 1.82) is 0 Å². The molecule has 2 aromatic rings. The summed E-state index contributed by atoms with van der Waals surface area (Å²) in [5, 5.41) is 2.68. The Morgan fingerprint density at radius 1 is 1.27 bits per heavy atom. The summed E-state index contributed by atoms with van der Waals surface area (Å²) in [7, 11) is 1.23. The fourth-order valence-electron chi connectivity index (χ4n) is 3.04. The molecule has 0 radical (unpaired) electrons. The highest BCUT2D eigenvalue weighted by atomic mass is 19.1. The van der Waals surface area contributed by atoms with Crippen molar-refractivity contribution in [3.8, 4) is 0 Å². The molecule has 1 aliphatic heterocycles. The lowest BCUT2D eigenvalue weighted by atomic mass is 9.87. The number of nitrogens with one attached hydrogen (secondary N) is 1. The number of hydrogen-bond donors (Lipinski definition) is 1. The molecule has 1 fully saturated rings. The summed E-state index contributed by atoms with van der Waals surface area (Å²) in [6.07, 6.45) is 1.56. The van der Waals surface area contributed by atoms with Crippen LogP contribution < -0.4 is 5.32 Å². The molecule has 2 heterocycles. The molecule has 0 saturated carbocycles. The van der Waals surface area contributed by atoms with Crippen molar-refractivity contribution < 1.29 is 27.9 Å². The molecule has 136 valence electrons. The van der Waals surface area contributed by atoms with E-state index in [0.29, 0.717) is 5.56 Å². The number of furan rings is 1. The van der Waals surface area contributed by atoms with Crippen LogP contribution in [0.15, 0.2) is 41.0 Å². The largest absolute Gasteiger partial charge is 0.467 e. The monoisotopic (exact) mass is 360 g/mol. The van der Waals surface area contributed by atoms with Crippen LogP contribution in [-0.4, -0.2) is 29.9 Å². The number of benzene rings is 1. The van der Waals surface area contributed by atoms with Crippen LogP contribution in [0, 0.1) is 5.82 Å². The summed E-state index contributed by atoms with van der Waals surface area (Å²) in [4.78, 5) is 38.2. The van der Waals surface area contributed by atoms with Crippen LogP contribution in [0.2, 0.25) is 0 Å². The quantitative estimate of drug-likeness (QED) is 0.654. The molecule has 1 aromatic carbocycles. The third kappa shape index (κ3) is 2.73. The van der Waals surface area contributed by atoms with Gasteiger partial charge in [-0.2, -0.15) is 0 Å². The van der Waals surface area contributed by atoms with E-state index in [0.717, 1.165) is 4.90 Å². The third-order valence-electron chi connectivity index (χ3n) is 4.50. The van der Waals surface area contributed by atoms with Crippen LogP contribution in [0.4, 0.5) is 9.18 Å². The number of esters is 1. The Morgan fingerprint density at radius 3 is 2.58 bits per heavy atom. The van der Waals surface area contributed by atoms with Crippen molar-refractivity contribution in [2.45, 2.75) is 25.4 Å². The lowest BCUT2D eigenvalue weighted by molar-refractivity contribution is -0.132. The highest BCUT2D eigenvalue weighted by Crippen LogP contribution is 2.33. The minimum Gasteiger partial charge on any atom is -0.467 e. The van der Waals surface area contributed by atoms with Crippen molar-refractivity contribution in [3.05, 3.63) is 59.3 Å². The van der Waals surface area contributed by atoms with Gasteiger partial charge in [-0.3, -0.25) is 9.69 Å². The van der Waals surface area contributed by atoms with Crippen LogP contribution in [0.5, 0.6) is 0 Å². The smallest absolute Gasteiger partial charge is 0.341 e. The number of methoxy groups -OCH3 is 1. The maximum atomic E-state index is 13.2. The standard InChI is InChI=1S/C18H17FN2O5/c1-3-18(11-4-6-12(19)7-5-11)16(23)21(17(24)20-18)10-14-13(8-9-26-14)15(22)25-2/h4-9H,3,10H2,1-2H3,(H,20,24). The first-order valence-corrected chi connectivity index (χ1v) is 7.97. The average molecular weight is 360 g/mol. The lowest BCUT2D eigenvalue weighted by Crippen LogP contribution is -2.43. The third-order valence-corrected chi connectivity index (χ3v) is 4.50. The Hall–Kier alpha value is -3.16. The average Bonchev–Trinajstić information content (AvgIpc) is 3.20. The molecule has 3 rings (SSSR count). The topological polar surface area (TPSA) is 88.8 Å². The summed E-state index contributed by atoms with van der Waals surface area (Å²) in [6.45, 7) is 1.53. The maximum absolute atomic E-state index is 13.2. The Kier molecular flexibility index (Phi) is 4.50. The number of carbonyl (C=O) groups is 3. The number of hydrogen-bond acceptors (Lipinski definition) is 5. The van der Waals surface area contributed by atoms with Gasteiger partial charge >= 0.3 is 12.0 Å². The normalized spacial score (nSPS) is 19.6. The first-order chi connectivity index (χ1) is 12.4. The number of amides is 3. The number of ether oxygens (including phenoxy) is 1. The van der Waals surface area contributed by atoms with Crippen molar-refractivity contribution in [1.82, 2.24) is 10.2 Å². The zero-order valence-electron chi connectivity index (χ0n) is 14.2. The first-order valence-electron chi connectivity index (χ1n) is 7.97. The van der Waals surface area contributed by atoms with Crippen LogP contribution in [0.25, 0.3) is 0 Å². The van der Waals surface area contributed by atoms with Gasteiger partial charge in [0.15, 0.2) is 0 Å². The van der Waals surface area contributed by atoms with E-state index in [1.807, 2.05) is 0 Å². The van der Waals surface area contributed by atoms with E-state index >= 15 is 0 Å². The molecule has 0 bridgehead atoms. The summed E-state index contributed by atoms with van der Waals surface area (Å²) >= 11 is 0. The number of urea groups is 1. The summed E-state index contributed by atoms with van der Waals surface area (Å²) in [5.41, 5.74) is -0.665. The fourth-order valence-corrected chi connectivity index (χ4v) is 3.04. The molecule has 26 heavy (non-hydrogen) atoms. The van der Waals surface area contributed by atoms with Gasteiger partial charge < -0.3 is 14.5 Å². The molecule has 1 aliphatic rings. The van der Waals surface area contributed by atoms with Crippen molar-refractivity contribution in [3.63, 3.8) is 0 Å². The molecule has 1 saturated heterocycles. The number of rotatable bonds is 5. The second-order valence-electron chi connectivity index (χ2n) is 5.84. The van der Waals surface area contributed by atoms with E-state index in [1.54, 1.807) is 6.92 Å². The van der Waals surface area contributed by atoms with E-state index in [-0.39, 0.29) is 24.3 Å². The maximum Gasteiger partial charge on any atom is 0.341 e. The summed E-state index contributed by atoms with van der Waals surface area (Å²) < 4.78 is 23.1. The summed E-state index contributed by atoms with van der Waals surface area (Å²) in [5.74, 6) is -1.41. The number of imide groups is 1.